The van der Waals surface area contributed by atoms with Gasteiger partial charge in [0.25, 0.3) is 0 Å². The Hall–Kier alpha value is -2.87. The van der Waals surface area contributed by atoms with E-state index in [1.54, 1.807) is 25.0 Å². The Morgan fingerprint density at radius 2 is 2.03 bits per heavy atom. The standard InChI is InChI=1S/C21H28N4O4/c1-14-9-17(29-23-14)11-20(26)25-13-18(28-4)10-19(25)21(27)22-12-15-5-7-16(8-6-15)24(2)3/h5-9,18-19H,10-13H2,1-4H3,(H,22,27)/t18-,19+/m1/s1. The molecule has 156 valence electrons. The van der Waals surface area contributed by atoms with E-state index < -0.39 is 6.04 Å². The van der Waals surface area contributed by atoms with Gasteiger partial charge in [0.1, 0.15) is 11.8 Å². The average Bonchev–Trinajstić information content (AvgIpc) is 3.32. The van der Waals surface area contributed by atoms with Crippen LogP contribution in [0.1, 0.15) is 23.4 Å². The summed E-state index contributed by atoms with van der Waals surface area (Å²) in [7, 11) is 5.56. The van der Waals surface area contributed by atoms with Crippen LogP contribution in [0.15, 0.2) is 34.9 Å². The Balaban J connectivity index is 1.62. The minimum Gasteiger partial charge on any atom is -0.380 e. The molecule has 8 nitrogen and oxygen atoms in total. The van der Waals surface area contributed by atoms with E-state index in [9.17, 15) is 9.59 Å². The number of hydrogen-bond acceptors (Lipinski definition) is 6. The van der Waals surface area contributed by atoms with Crippen molar-refractivity contribution < 1.29 is 18.8 Å². The van der Waals surface area contributed by atoms with Gasteiger partial charge < -0.3 is 24.4 Å². The topological polar surface area (TPSA) is 87.9 Å². The van der Waals surface area contributed by atoms with Crippen molar-refractivity contribution in [2.24, 2.45) is 0 Å². The highest BCUT2D eigenvalue weighted by Gasteiger charge is 2.39. The zero-order chi connectivity index (χ0) is 21.0. The minimum absolute atomic E-state index is 0.0764. The van der Waals surface area contributed by atoms with Gasteiger partial charge in [0, 0.05) is 52.5 Å². The summed E-state index contributed by atoms with van der Waals surface area (Å²) in [6.07, 6.45) is 0.390. The minimum atomic E-state index is -0.558. The highest BCUT2D eigenvalue weighted by Crippen LogP contribution is 2.22. The summed E-state index contributed by atoms with van der Waals surface area (Å²) in [5.41, 5.74) is 2.82. The molecule has 1 fully saturated rings. The van der Waals surface area contributed by atoms with Gasteiger partial charge in [-0.1, -0.05) is 17.3 Å². The molecule has 3 rings (SSSR count). The molecule has 2 amide bonds. The predicted molar refractivity (Wildman–Crippen MR) is 108 cm³/mol. The maximum Gasteiger partial charge on any atom is 0.243 e. The van der Waals surface area contributed by atoms with Gasteiger partial charge in [0.15, 0.2) is 0 Å². The first-order chi connectivity index (χ1) is 13.9. The lowest BCUT2D eigenvalue weighted by Gasteiger charge is -2.23. The number of carbonyl (C=O) groups is 2. The van der Waals surface area contributed by atoms with Crippen molar-refractivity contribution in [3.8, 4) is 0 Å². The molecule has 1 N–H and O–H groups in total. The van der Waals surface area contributed by atoms with Crippen molar-refractivity contribution in [2.75, 3.05) is 32.6 Å². The summed E-state index contributed by atoms with van der Waals surface area (Å²) in [5.74, 6) is 0.146. The lowest BCUT2D eigenvalue weighted by Crippen LogP contribution is -2.46. The van der Waals surface area contributed by atoms with Crippen molar-refractivity contribution in [3.05, 3.63) is 47.3 Å². The third kappa shape index (κ3) is 5.14. The first kappa shape index (κ1) is 20.9. The smallest absolute Gasteiger partial charge is 0.243 e. The third-order valence-corrected chi connectivity index (χ3v) is 5.14. The molecule has 2 atom stereocenters. The highest BCUT2D eigenvalue weighted by molar-refractivity contribution is 5.89. The number of nitrogens with one attached hydrogen (secondary N) is 1. The molecule has 0 spiro atoms. The molecule has 0 bridgehead atoms. The molecule has 1 saturated heterocycles. The van der Waals surface area contributed by atoms with Gasteiger partial charge in [-0.25, -0.2) is 0 Å². The fraction of sp³-hybridized carbons (Fsp3) is 0.476. The Morgan fingerprint density at radius 3 is 2.62 bits per heavy atom. The third-order valence-electron chi connectivity index (χ3n) is 5.14. The van der Waals surface area contributed by atoms with Gasteiger partial charge in [-0.15, -0.1) is 0 Å². The maximum absolute atomic E-state index is 12.8. The van der Waals surface area contributed by atoms with E-state index in [0.29, 0.717) is 25.3 Å². The summed E-state index contributed by atoms with van der Waals surface area (Å²) in [6.45, 7) is 2.59. The van der Waals surface area contributed by atoms with E-state index in [4.69, 9.17) is 9.26 Å². The second kappa shape index (κ2) is 9.09. The van der Waals surface area contributed by atoms with Crippen LogP contribution in [0.2, 0.25) is 0 Å². The molecule has 1 aliphatic rings. The van der Waals surface area contributed by atoms with Gasteiger partial charge in [-0.3, -0.25) is 9.59 Å². The molecular formula is C21H28N4O4. The van der Waals surface area contributed by atoms with Crippen LogP contribution < -0.4 is 10.2 Å². The Morgan fingerprint density at radius 1 is 1.31 bits per heavy atom. The van der Waals surface area contributed by atoms with E-state index in [1.165, 1.54) is 0 Å². The molecule has 0 unspecified atom stereocenters. The van der Waals surface area contributed by atoms with Gasteiger partial charge in [0.05, 0.1) is 18.2 Å². The van der Waals surface area contributed by atoms with Gasteiger partial charge >= 0.3 is 0 Å². The quantitative estimate of drug-likeness (QED) is 0.758. The van der Waals surface area contributed by atoms with Crippen molar-refractivity contribution in [2.45, 2.75) is 38.5 Å². The van der Waals surface area contributed by atoms with E-state index in [2.05, 4.69) is 10.5 Å². The van der Waals surface area contributed by atoms with Gasteiger partial charge in [-0.2, -0.15) is 0 Å². The first-order valence-electron chi connectivity index (χ1n) is 9.65. The molecule has 8 heteroatoms. The normalized spacial score (nSPS) is 18.7. The van der Waals surface area contributed by atoms with E-state index >= 15 is 0 Å². The number of rotatable bonds is 7. The summed E-state index contributed by atoms with van der Waals surface area (Å²) in [5, 5.41) is 6.76. The Kier molecular flexibility index (Phi) is 6.53. The monoisotopic (exact) mass is 400 g/mol. The predicted octanol–water partition coefficient (Wildman–Crippen LogP) is 1.52. The molecule has 29 heavy (non-hydrogen) atoms. The number of likely N-dealkylation sites (tertiary alicyclic amines) is 1. The zero-order valence-corrected chi connectivity index (χ0v) is 17.3. The summed E-state index contributed by atoms with van der Waals surface area (Å²) in [6, 6.07) is 9.15. The number of amides is 2. The van der Waals surface area contributed by atoms with E-state index in [0.717, 1.165) is 16.9 Å². The number of anilines is 1. The number of nitrogens with zero attached hydrogens (tertiary/aromatic N) is 3. The maximum atomic E-state index is 12.8. The number of benzene rings is 1. The van der Waals surface area contributed by atoms with Crippen LogP contribution in [0.4, 0.5) is 5.69 Å². The highest BCUT2D eigenvalue weighted by atomic mass is 16.5. The molecular weight excluding hydrogens is 372 g/mol. The second-order valence-electron chi connectivity index (χ2n) is 7.55. The molecule has 1 aliphatic heterocycles. The van der Waals surface area contributed by atoms with Crippen molar-refractivity contribution in [3.63, 3.8) is 0 Å². The van der Waals surface area contributed by atoms with Crippen LogP contribution in [0.3, 0.4) is 0 Å². The summed E-state index contributed by atoms with van der Waals surface area (Å²) >= 11 is 0. The van der Waals surface area contributed by atoms with Crippen molar-refractivity contribution >= 4 is 17.5 Å². The van der Waals surface area contributed by atoms with Crippen LogP contribution in [0, 0.1) is 6.92 Å². The number of carbonyl (C=O) groups excluding carboxylic acids is 2. The van der Waals surface area contributed by atoms with Gasteiger partial charge in [0.2, 0.25) is 11.8 Å². The van der Waals surface area contributed by atoms with Crippen molar-refractivity contribution in [1.82, 2.24) is 15.4 Å². The van der Waals surface area contributed by atoms with Crippen LogP contribution in [-0.4, -0.2) is 61.8 Å². The lowest BCUT2D eigenvalue weighted by atomic mass is 10.1. The largest absolute Gasteiger partial charge is 0.380 e. The average molecular weight is 400 g/mol. The van der Waals surface area contributed by atoms with Crippen molar-refractivity contribution in [1.29, 1.82) is 0 Å². The Labute approximate surface area is 170 Å². The number of methoxy groups -OCH3 is 1. The zero-order valence-electron chi connectivity index (χ0n) is 17.3. The molecule has 2 aromatic rings. The van der Waals surface area contributed by atoms with Gasteiger partial charge in [-0.05, 0) is 24.6 Å². The van der Waals surface area contributed by atoms with E-state index in [1.807, 2.05) is 43.3 Å². The van der Waals surface area contributed by atoms with Crippen LogP contribution in [-0.2, 0) is 27.3 Å². The number of aryl methyl sites for hydroxylation is 1. The molecule has 0 saturated carbocycles. The fourth-order valence-electron chi connectivity index (χ4n) is 3.46. The lowest BCUT2D eigenvalue weighted by molar-refractivity contribution is -0.138. The summed E-state index contributed by atoms with van der Waals surface area (Å²) in [4.78, 5) is 29.2. The first-order valence-corrected chi connectivity index (χ1v) is 9.65. The van der Waals surface area contributed by atoms with Crippen LogP contribution in [0.5, 0.6) is 0 Å². The fourth-order valence-corrected chi connectivity index (χ4v) is 3.46. The van der Waals surface area contributed by atoms with Crippen LogP contribution >= 0.6 is 0 Å². The summed E-state index contributed by atoms with van der Waals surface area (Å²) < 4.78 is 10.6. The number of aromatic nitrogens is 1. The SMILES string of the molecule is CO[C@@H]1C[C@@H](C(=O)NCc2ccc(N(C)C)cc2)N(C(=O)Cc2cc(C)no2)C1. The Bertz CT molecular complexity index is 847. The molecule has 0 aliphatic carbocycles. The number of hydrogen-bond donors (Lipinski definition) is 1. The molecule has 2 heterocycles. The molecule has 1 aromatic carbocycles. The second-order valence-corrected chi connectivity index (χ2v) is 7.55. The molecule has 0 radical (unpaired) electrons. The molecule has 1 aromatic heterocycles. The van der Waals surface area contributed by atoms with Crippen LogP contribution in [0.25, 0.3) is 0 Å². The number of ether oxygens (including phenoxy) is 1. The van der Waals surface area contributed by atoms with E-state index in [-0.39, 0.29) is 24.3 Å².